The molecule has 0 aromatic carbocycles. The van der Waals surface area contributed by atoms with Crippen LogP contribution < -0.4 is 0 Å². The van der Waals surface area contributed by atoms with Crippen LogP contribution in [-0.2, 0) is 0 Å². The number of aromatic amines is 1. The van der Waals surface area contributed by atoms with Gasteiger partial charge in [-0.1, -0.05) is 0 Å². The summed E-state index contributed by atoms with van der Waals surface area (Å²) in [7, 11) is 0. The Labute approximate surface area is 57.5 Å². The SMILES string of the molecule is CSC(O)c1ccn[nH]1. The highest BCUT2D eigenvalue weighted by Gasteiger charge is 2.03. The molecule has 0 aliphatic rings. The molecule has 0 saturated heterocycles. The van der Waals surface area contributed by atoms with Gasteiger partial charge in [0.15, 0.2) is 0 Å². The monoisotopic (exact) mass is 144 g/mol. The Hall–Kier alpha value is -0.480. The summed E-state index contributed by atoms with van der Waals surface area (Å²) in [5.74, 6) is 0. The maximum Gasteiger partial charge on any atom is 0.141 e. The summed E-state index contributed by atoms with van der Waals surface area (Å²) in [5, 5.41) is 15.5. The van der Waals surface area contributed by atoms with Gasteiger partial charge in [0.2, 0.25) is 0 Å². The molecule has 4 heteroatoms. The number of aliphatic hydroxyl groups is 1. The van der Waals surface area contributed by atoms with E-state index in [4.69, 9.17) is 5.11 Å². The molecule has 0 fully saturated rings. The van der Waals surface area contributed by atoms with Crippen LogP contribution in [0.15, 0.2) is 12.3 Å². The summed E-state index contributed by atoms with van der Waals surface area (Å²) in [5.41, 5.74) is 0.287. The zero-order valence-corrected chi connectivity index (χ0v) is 5.85. The van der Waals surface area contributed by atoms with Gasteiger partial charge in [-0.2, -0.15) is 5.10 Å². The van der Waals surface area contributed by atoms with Gasteiger partial charge in [-0.25, -0.2) is 0 Å². The van der Waals surface area contributed by atoms with Crippen LogP contribution in [0.1, 0.15) is 11.1 Å². The lowest BCUT2D eigenvalue weighted by Gasteiger charge is -2.00. The Morgan fingerprint density at radius 1 is 1.89 bits per heavy atom. The minimum absolute atomic E-state index is 0.465. The number of hydrogen-bond donors (Lipinski definition) is 2. The van der Waals surface area contributed by atoms with E-state index in [0.717, 1.165) is 5.69 Å². The summed E-state index contributed by atoms with van der Waals surface area (Å²) >= 11 is 1.37. The van der Waals surface area contributed by atoms with E-state index >= 15 is 0 Å². The van der Waals surface area contributed by atoms with Crippen molar-refractivity contribution in [3.8, 4) is 0 Å². The van der Waals surface area contributed by atoms with Gasteiger partial charge in [-0.05, 0) is 12.3 Å². The van der Waals surface area contributed by atoms with E-state index in [2.05, 4.69) is 10.2 Å². The lowest BCUT2D eigenvalue weighted by molar-refractivity contribution is 0.265. The Balaban J connectivity index is 2.65. The van der Waals surface area contributed by atoms with E-state index in [1.165, 1.54) is 11.8 Å². The molecule has 1 atom stereocenters. The van der Waals surface area contributed by atoms with Crippen LogP contribution in [0.4, 0.5) is 0 Å². The maximum absolute atomic E-state index is 9.11. The largest absolute Gasteiger partial charge is 0.376 e. The summed E-state index contributed by atoms with van der Waals surface area (Å²) in [6, 6.07) is 1.75. The number of nitrogens with one attached hydrogen (secondary N) is 1. The van der Waals surface area contributed by atoms with Crippen molar-refractivity contribution in [1.29, 1.82) is 0 Å². The average molecular weight is 144 g/mol. The fraction of sp³-hybridized carbons (Fsp3) is 0.400. The molecule has 3 nitrogen and oxygen atoms in total. The van der Waals surface area contributed by atoms with E-state index in [0.29, 0.717) is 0 Å². The number of nitrogens with zero attached hydrogens (tertiary/aromatic N) is 1. The van der Waals surface area contributed by atoms with Gasteiger partial charge in [0.05, 0.1) is 5.69 Å². The van der Waals surface area contributed by atoms with Crippen molar-refractivity contribution >= 4 is 11.8 Å². The second-order valence-electron chi connectivity index (χ2n) is 1.60. The lowest BCUT2D eigenvalue weighted by atomic mass is 10.5. The third-order valence-electron chi connectivity index (χ3n) is 1.01. The van der Waals surface area contributed by atoms with Gasteiger partial charge < -0.3 is 5.11 Å². The number of aliphatic hydroxyl groups excluding tert-OH is 1. The van der Waals surface area contributed by atoms with Gasteiger partial charge in [0, 0.05) is 6.20 Å². The molecule has 1 aromatic heterocycles. The standard InChI is InChI=1S/C5H8N2OS/c1-9-5(8)4-2-3-6-7-4/h2-3,5,8H,1H3,(H,6,7). The first kappa shape index (κ1) is 6.64. The van der Waals surface area contributed by atoms with Crippen molar-refractivity contribution in [2.75, 3.05) is 6.26 Å². The zero-order chi connectivity index (χ0) is 6.69. The smallest absolute Gasteiger partial charge is 0.141 e. The second-order valence-corrected chi connectivity index (χ2v) is 2.52. The Kier molecular flexibility index (Phi) is 2.13. The zero-order valence-electron chi connectivity index (χ0n) is 5.03. The molecule has 0 radical (unpaired) electrons. The first-order chi connectivity index (χ1) is 4.34. The Bertz CT molecular complexity index is 163. The molecular weight excluding hydrogens is 136 g/mol. The van der Waals surface area contributed by atoms with E-state index in [9.17, 15) is 0 Å². The van der Waals surface area contributed by atoms with Crippen LogP contribution in [0, 0.1) is 0 Å². The number of rotatable bonds is 2. The topological polar surface area (TPSA) is 48.9 Å². The number of aromatic nitrogens is 2. The first-order valence-corrected chi connectivity index (χ1v) is 3.83. The van der Waals surface area contributed by atoms with Crippen LogP contribution in [0.3, 0.4) is 0 Å². The summed E-state index contributed by atoms with van der Waals surface area (Å²) in [6.07, 6.45) is 3.46. The van der Waals surface area contributed by atoms with E-state index in [1.54, 1.807) is 12.3 Å². The summed E-state index contributed by atoms with van der Waals surface area (Å²) in [4.78, 5) is 0. The van der Waals surface area contributed by atoms with Crippen molar-refractivity contribution in [3.05, 3.63) is 18.0 Å². The third-order valence-corrected chi connectivity index (χ3v) is 1.71. The van der Waals surface area contributed by atoms with Crippen molar-refractivity contribution in [3.63, 3.8) is 0 Å². The van der Waals surface area contributed by atoms with Gasteiger partial charge in [-0.3, -0.25) is 5.10 Å². The first-order valence-electron chi connectivity index (χ1n) is 2.54. The Morgan fingerprint density at radius 3 is 3.11 bits per heavy atom. The molecule has 9 heavy (non-hydrogen) atoms. The molecular formula is C5H8N2OS. The summed E-state index contributed by atoms with van der Waals surface area (Å²) < 4.78 is 0. The Morgan fingerprint density at radius 2 is 2.67 bits per heavy atom. The lowest BCUT2D eigenvalue weighted by Crippen LogP contribution is -1.90. The highest BCUT2D eigenvalue weighted by Crippen LogP contribution is 2.19. The highest BCUT2D eigenvalue weighted by molar-refractivity contribution is 7.98. The van der Waals surface area contributed by atoms with Crippen LogP contribution in [0.25, 0.3) is 0 Å². The van der Waals surface area contributed by atoms with Crippen LogP contribution in [0.5, 0.6) is 0 Å². The quantitative estimate of drug-likeness (QED) is 0.602. The number of H-pyrrole nitrogens is 1. The molecule has 0 amide bonds. The minimum atomic E-state index is -0.465. The fourth-order valence-electron chi connectivity index (χ4n) is 0.531. The molecule has 2 N–H and O–H groups in total. The van der Waals surface area contributed by atoms with Gasteiger partial charge in [0.25, 0.3) is 0 Å². The molecule has 50 valence electrons. The van der Waals surface area contributed by atoms with Crippen molar-refractivity contribution < 1.29 is 5.11 Å². The molecule has 0 aliphatic heterocycles. The fourth-order valence-corrected chi connectivity index (χ4v) is 0.916. The molecule has 0 saturated carbocycles. The minimum Gasteiger partial charge on any atom is -0.376 e. The molecule has 1 heterocycles. The predicted octanol–water partition coefficient (Wildman–Crippen LogP) is 0.764. The second kappa shape index (κ2) is 2.89. The molecule has 1 aromatic rings. The highest BCUT2D eigenvalue weighted by atomic mass is 32.2. The van der Waals surface area contributed by atoms with Gasteiger partial charge >= 0.3 is 0 Å². The number of thioether (sulfide) groups is 1. The summed E-state index contributed by atoms with van der Waals surface area (Å²) in [6.45, 7) is 0. The van der Waals surface area contributed by atoms with E-state index in [1.807, 2.05) is 6.26 Å². The normalized spacial score (nSPS) is 13.6. The van der Waals surface area contributed by atoms with Crippen molar-refractivity contribution in [1.82, 2.24) is 10.2 Å². The molecule has 1 unspecified atom stereocenters. The van der Waals surface area contributed by atoms with Crippen LogP contribution in [0.2, 0.25) is 0 Å². The molecule has 0 aliphatic carbocycles. The maximum atomic E-state index is 9.11. The van der Waals surface area contributed by atoms with E-state index < -0.39 is 5.44 Å². The van der Waals surface area contributed by atoms with Crippen molar-refractivity contribution in [2.24, 2.45) is 0 Å². The third kappa shape index (κ3) is 1.46. The van der Waals surface area contributed by atoms with Crippen LogP contribution in [-0.4, -0.2) is 21.6 Å². The average Bonchev–Trinajstić information content (AvgIpc) is 2.37. The molecule has 1 rings (SSSR count). The van der Waals surface area contributed by atoms with Gasteiger partial charge in [0.1, 0.15) is 5.44 Å². The number of hydrogen-bond acceptors (Lipinski definition) is 3. The van der Waals surface area contributed by atoms with Gasteiger partial charge in [-0.15, -0.1) is 11.8 Å². The van der Waals surface area contributed by atoms with Crippen molar-refractivity contribution in [2.45, 2.75) is 5.44 Å². The predicted molar refractivity (Wildman–Crippen MR) is 37.1 cm³/mol. The van der Waals surface area contributed by atoms with Crippen LogP contribution >= 0.6 is 11.8 Å². The molecule has 0 bridgehead atoms. The van der Waals surface area contributed by atoms with E-state index in [-0.39, 0.29) is 0 Å². The molecule has 0 spiro atoms.